The van der Waals surface area contributed by atoms with Crippen molar-refractivity contribution in [1.82, 2.24) is 29.9 Å². The number of carbonyl (C=O) groups is 1. The lowest BCUT2D eigenvalue weighted by molar-refractivity contribution is -0.136. The number of rotatable bonds is 7. The van der Waals surface area contributed by atoms with Crippen molar-refractivity contribution in [3.8, 4) is 0 Å². The number of hydrogen-bond acceptors (Lipinski definition) is 8. The number of alkyl halides is 4. The number of aromatic amines is 1. The Hall–Kier alpha value is -3.46. The summed E-state index contributed by atoms with van der Waals surface area (Å²) in [5.41, 5.74) is -1.15. The maximum Gasteiger partial charge on any atom is 0.421 e. The number of anilines is 2. The van der Waals surface area contributed by atoms with Crippen LogP contribution in [0.25, 0.3) is 5.65 Å². The third kappa shape index (κ3) is 4.80. The predicted octanol–water partition coefficient (Wildman–Crippen LogP) is 3.42. The first-order valence-electron chi connectivity index (χ1n) is 11.1. The number of nitrogens with one attached hydrogen (secondary N) is 3. The number of aromatic nitrogens is 5. The quantitative estimate of drug-likeness (QED) is 0.410. The van der Waals surface area contributed by atoms with E-state index < -0.39 is 36.2 Å². The number of imidazole rings is 1. The van der Waals surface area contributed by atoms with Crippen LogP contribution in [0.1, 0.15) is 42.8 Å². The van der Waals surface area contributed by atoms with Gasteiger partial charge < -0.3 is 24.8 Å². The molecule has 36 heavy (non-hydrogen) atoms. The Balaban J connectivity index is 1.31. The van der Waals surface area contributed by atoms with E-state index in [2.05, 4.69) is 30.8 Å². The van der Waals surface area contributed by atoms with Crippen LogP contribution in [-0.4, -0.2) is 62.2 Å². The molecular formula is C21H23F4N7O4. The zero-order valence-corrected chi connectivity index (χ0v) is 19.2. The fourth-order valence-corrected chi connectivity index (χ4v) is 3.86. The molecule has 0 aromatic carbocycles. The summed E-state index contributed by atoms with van der Waals surface area (Å²) in [6.07, 6.45) is -5.50. The Labute approximate surface area is 201 Å². The highest BCUT2D eigenvalue weighted by atomic mass is 19.4. The van der Waals surface area contributed by atoms with Gasteiger partial charge >= 0.3 is 12.3 Å². The second-order valence-corrected chi connectivity index (χ2v) is 9.01. The van der Waals surface area contributed by atoms with Gasteiger partial charge in [0, 0.05) is 31.1 Å². The van der Waals surface area contributed by atoms with Crippen LogP contribution in [0.4, 0.5) is 34.1 Å². The highest BCUT2D eigenvalue weighted by Gasteiger charge is 2.44. The number of methoxy groups -OCH3 is 1. The topological polar surface area (TPSA) is 128 Å². The summed E-state index contributed by atoms with van der Waals surface area (Å²) < 4.78 is 72.0. The van der Waals surface area contributed by atoms with Gasteiger partial charge in [0.2, 0.25) is 5.95 Å². The molecule has 1 saturated heterocycles. The standard InChI is InChI=1S/C21H23F4N7O4/c1-20(3-4-20)29-19(33)36-13-9-35-16(15(13)22)12-5-14(31-30-12)28-18-26-6-11(21(23,24)25)17-27-10(8-34-2)7-32(17)18/h5-7,13,15-16H,3-4,8-9H2,1-2H3,(H,29,33)(H2,26,28,30,31)/t13-,15-,16-/m1/s1. The maximum atomic E-state index is 15.0. The molecule has 1 aliphatic carbocycles. The number of hydrogen-bond donors (Lipinski definition) is 3. The number of halogens is 4. The van der Waals surface area contributed by atoms with Crippen molar-refractivity contribution >= 4 is 23.5 Å². The van der Waals surface area contributed by atoms with Gasteiger partial charge in [-0.05, 0) is 19.8 Å². The number of ether oxygens (including phenoxy) is 3. The van der Waals surface area contributed by atoms with Gasteiger partial charge in [-0.2, -0.15) is 18.3 Å². The molecule has 2 fully saturated rings. The van der Waals surface area contributed by atoms with Gasteiger partial charge in [-0.15, -0.1) is 0 Å². The second-order valence-electron chi connectivity index (χ2n) is 9.01. The molecule has 1 aliphatic heterocycles. The third-order valence-electron chi connectivity index (χ3n) is 6.03. The molecule has 194 valence electrons. The molecule has 0 bridgehead atoms. The lowest BCUT2D eigenvalue weighted by Gasteiger charge is -2.17. The van der Waals surface area contributed by atoms with E-state index in [9.17, 15) is 22.4 Å². The van der Waals surface area contributed by atoms with Crippen molar-refractivity contribution in [2.45, 2.75) is 56.5 Å². The van der Waals surface area contributed by atoms with Crippen molar-refractivity contribution in [2.75, 3.05) is 19.0 Å². The van der Waals surface area contributed by atoms with E-state index in [0.717, 1.165) is 17.2 Å². The van der Waals surface area contributed by atoms with E-state index >= 15 is 0 Å². The van der Waals surface area contributed by atoms with Crippen molar-refractivity contribution in [3.63, 3.8) is 0 Å². The Morgan fingerprint density at radius 1 is 1.39 bits per heavy atom. The largest absolute Gasteiger partial charge is 0.441 e. The normalized spacial score (nSPS) is 23.1. The van der Waals surface area contributed by atoms with E-state index in [-0.39, 0.29) is 47.6 Å². The summed E-state index contributed by atoms with van der Waals surface area (Å²) in [5.74, 6) is 0.154. The minimum Gasteiger partial charge on any atom is -0.441 e. The van der Waals surface area contributed by atoms with Crippen LogP contribution in [0.5, 0.6) is 0 Å². The molecule has 3 N–H and O–H groups in total. The van der Waals surface area contributed by atoms with Crippen LogP contribution in [0.3, 0.4) is 0 Å². The SMILES string of the molecule is COCc1cn2c(Nc3cc([C@H]4OC[C@@H](OC(=O)NC5(C)CC5)[C@H]4F)[nH]n3)ncc(C(F)(F)F)c2n1. The van der Waals surface area contributed by atoms with Gasteiger partial charge in [-0.3, -0.25) is 9.50 Å². The van der Waals surface area contributed by atoms with Gasteiger partial charge in [0.25, 0.3) is 0 Å². The van der Waals surface area contributed by atoms with Crippen molar-refractivity contribution < 1.29 is 36.6 Å². The van der Waals surface area contributed by atoms with E-state index in [1.807, 2.05) is 6.92 Å². The van der Waals surface area contributed by atoms with Crippen molar-refractivity contribution in [2.24, 2.45) is 0 Å². The molecule has 4 heterocycles. The molecule has 0 spiro atoms. The predicted molar refractivity (Wildman–Crippen MR) is 115 cm³/mol. The minimum absolute atomic E-state index is 0.00138. The molecule has 3 aromatic heterocycles. The summed E-state index contributed by atoms with van der Waals surface area (Å²) in [7, 11) is 1.40. The molecule has 1 amide bonds. The number of nitrogens with zero attached hydrogens (tertiary/aromatic N) is 4. The second kappa shape index (κ2) is 8.89. The zero-order valence-electron chi connectivity index (χ0n) is 19.2. The molecule has 5 rings (SSSR count). The fraction of sp³-hybridized carbons (Fsp3) is 0.524. The molecule has 1 saturated carbocycles. The van der Waals surface area contributed by atoms with E-state index in [1.54, 1.807) is 0 Å². The van der Waals surface area contributed by atoms with Crippen LogP contribution in [0.2, 0.25) is 0 Å². The van der Waals surface area contributed by atoms with Gasteiger partial charge in [-0.25, -0.2) is 19.2 Å². The average molecular weight is 513 g/mol. The molecule has 3 atom stereocenters. The molecule has 0 unspecified atom stereocenters. The molecule has 15 heteroatoms. The molecule has 11 nitrogen and oxygen atoms in total. The lowest BCUT2D eigenvalue weighted by Crippen LogP contribution is -2.39. The molecule has 2 aliphatic rings. The van der Waals surface area contributed by atoms with Gasteiger partial charge in [0.1, 0.15) is 11.7 Å². The minimum atomic E-state index is -4.66. The Morgan fingerprint density at radius 3 is 2.86 bits per heavy atom. The average Bonchev–Trinajstić information content (AvgIpc) is 3.14. The van der Waals surface area contributed by atoms with Crippen LogP contribution >= 0.6 is 0 Å². The van der Waals surface area contributed by atoms with Gasteiger partial charge in [0.05, 0.1) is 24.6 Å². The number of carbonyl (C=O) groups excluding carboxylic acids is 1. The van der Waals surface area contributed by atoms with Gasteiger partial charge in [0.15, 0.2) is 23.7 Å². The van der Waals surface area contributed by atoms with Crippen LogP contribution < -0.4 is 10.6 Å². The van der Waals surface area contributed by atoms with Crippen molar-refractivity contribution in [1.29, 1.82) is 0 Å². The molecule has 3 aromatic rings. The van der Waals surface area contributed by atoms with Crippen LogP contribution in [-0.2, 0) is 27.0 Å². The lowest BCUT2D eigenvalue weighted by atomic mass is 10.1. The fourth-order valence-electron chi connectivity index (χ4n) is 3.86. The van der Waals surface area contributed by atoms with E-state index in [1.165, 1.54) is 19.4 Å². The van der Waals surface area contributed by atoms with Crippen LogP contribution in [0, 0.1) is 0 Å². The zero-order chi connectivity index (χ0) is 25.7. The number of fused-ring (bicyclic) bond motifs is 1. The third-order valence-corrected chi connectivity index (χ3v) is 6.03. The first-order valence-corrected chi connectivity index (χ1v) is 11.1. The summed E-state index contributed by atoms with van der Waals surface area (Å²) >= 11 is 0. The maximum absolute atomic E-state index is 15.0. The molecular weight excluding hydrogens is 490 g/mol. The first-order chi connectivity index (χ1) is 17.1. The van der Waals surface area contributed by atoms with E-state index in [4.69, 9.17) is 14.2 Å². The summed E-state index contributed by atoms with van der Waals surface area (Å²) in [4.78, 5) is 19.9. The monoisotopic (exact) mass is 513 g/mol. The molecule has 0 radical (unpaired) electrons. The van der Waals surface area contributed by atoms with Crippen LogP contribution in [0.15, 0.2) is 18.5 Å². The Kier molecular flexibility index (Phi) is 5.98. The highest BCUT2D eigenvalue weighted by molar-refractivity contribution is 5.69. The number of amides is 1. The Morgan fingerprint density at radius 2 is 2.17 bits per heavy atom. The smallest absolute Gasteiger partial charge is 0.421 e. The summed E-state index contributed by atoms with van der Waals surface area (Å²) in [6.45, 7) is 1.73. The van der Waals surface area contributed by atoms with Gasteiger partial charge in [-0.1, -0.05) is 0 Å². The summed E-state index contributed by atoms with van der Waals surface area (Å²) in [5, 5.41) is 12.2. The Bertz CT molecular complexity index is 1270. The number of alkyl carbamates (subject to hydrolysis) is 1. The first kappa shape index (κ1) is 24.2. The highest BCUT2D eigenvalue weighted by Crippen LogP contribution is 2.37. The van der Waals surface area contributed by atoms with Crippen molar-refractivity contribution in [3.05, 3.63) is 35.4 Å². The summed E-state index contributed by atoms with van der Waals surface area (Å²) in [6, 6.07) is 1.43. The number of H-pyrrole nitrogens is 1. The van der Waals surface area contributed by atoms with E-state index in [0.29, 0.717) is 6.20 Å².